The van der Waals surface area contributed by atoms with E-state index in [1.807, 2.05) is 53.2 Å². The largest absolute Gasteiger partial charge is 0.497 e. The molecule has 3 heterocycles. The summed E-state index contributed by atoms with van der Waals surface area (Å²) in [4.78, 5) is 4.40. The Labute approximate surface area is 197 Å². The zero-order valence-electron chi connectivity index (χ0n) is 17.5. The number of halogens is 2. The van der Waals surface area contributed by atoms with Gasteiger partial charge in [-0.1, -0.05) is 40.2 Å². The molecule has 33 heavy (non-hydrogen) atoms. The second kappa shape index (κ2) is 7.74. The Morgan fingerprint density at radius 2 is 1.79 bits per heavy atom. The first-order chi connectivity index (χ1) is 16.1. The third-order valence-electron chi connectivity index (χ3n) is 5.98. The van der Waals surface area contributed by atoms with Gasteiger partial charge in [-0.25, -0.2) is 9.07 Å². The van der Waals surface area contributed by atoms with Gasteiger partial charge in [-0.3, -0.25) is 0 Å². The van der Waals surface area contributed by atoms with E-state index in [0.717, 1.165) is 32.6 Å². The molecule has 6 nitrogen and oxygen atoms in total. The Kier molecular flexibility index (Phi) is 4.69. The number of aromatic nitrogens is 3. The molecule has 0 radical (unpaired) electrons. The lowest BCUT2D eigenvalue weighted by molar-refractivity contribution is 0.222. The molecule has 0 saturated heterocycles. The number of ether oxygens (including phenoxy) is 2. The molecule has 0 spiro atoms. The number of nitrogens with zero attached hydrogens (tertiary/aromatic N) is 3. The molecule has 0 saturated carbocycles. The third-order valence-corrected chi connectivity index (χ3v) is 6.51. The fourth-order valence-corrected chi connectivity index (χ4v) is 4.73. The van der Waals surface area contributed by atoms with Gasteiger partial charge in [0, 0.05) is 15.6 Å². The summed E-state index contributed by atoms with van der Waals surface area (Å²) in [6, 6.07) is 20.1. The van der Waals surface area contributed by atoms with Gasteiger partial charge in [-0.2, -0.15) is 10.1 Å². The first-order valence-corrected chi connectivity index (χ1v) is 11.2. The first-order valence-electron chi connectivity index (χ1n) is 10.4. The Morgan fingerprint density at radius 3 is 2.55 bits per heavy atom. The average molecular weight is 505 g/mol. The molecule has 0 bridgehead atoms. The van der Waals surface area contributed by atoms with E-state index >= 15 is 0 Å². The molecule has 164 valence electrons. The summed E-state index contributed by atoms with van der Waals surface area (Å²) >= 11 is 3.52. The predicted molar refractivity (Wildman–Crippen MR) is 126 cm³/mol. The van der Waals surface area contributed by atoms with E-state index in [4.69, 9.17) is 9.47 Å². The molecule has 3 aromatic carbocycles. The van der Waals surface area contributed by atoms with Crippen LogP contribution < -0.4 is 14.8 Å². The fourth-order valence-electron chi connectivity index (χ4n) is 4.46. The highest BCUT2D eigenvalue weighted by Crippen LogP contribution is 2.50. The Hall–Kier alpha value is -3.65. The molecule has 8 heteroatoms. The van der Waals surface area contributed by atoms with Crippen LogP contribution in [0.1, 0.15) is 28.8 Å². The van der Waals surface area contributed by atoms with Crippen molar-refractivity contribution in [2.75, 3.05) is 12.4 Å². The monoisotopic (exact) mass is 504 g/mol. The standard InChI is InChI=1S/C25H18BrFN4O2/c1-32-18-9-4-15(5-10-18)24-21-22(19-12-17(27)8-11-20(19)33-24)30-25-28-13-29-31(25)23(21)14-2-6-16(26)7-3-14/h2-13,23-24H,1H3,(H,28,29,30)/t23-,24+/m0/s1. The lowest BCUT2D eigenvalue weighted by atomic mass is 9.84. The number of anilines is 1. The van der Waals surface area contributed by atoms with Crippen LogP contribution in [0.3, 0.4) is 0 Å². The molecule has 2 aliphatic rings. The molecule has 0 amide bonds. The lowest BCUT2D eigenvalue weighted by Crippen LogP contribution is -2.32. The van der Waals surface area contributed by atoms with Crippen LogP contribution in [0.4, 0.5) is 10.3 Å². The van der Waals surface area contributed by atoms with Crippen molar-refractivity contribution >= 4 is 27.6 Å². The molecule has 4 aromatic rings. The number of rotatable bonds is 3. The van der Waals surface area contributed by atoms with Crippen LogP contribution in [-0.4, -0.2) is 21.9 Å². The third kappa shape index (κ3) is 3.29. The van der Waals surface area contributed by atoms with Gasteiger partial charge in [0.15, 0.2) is 0 Å². The van der Waals surface area contributed by atoms with Gasteiger partial charge in [-0.15, -0.1) is 0 Å². The van der Waals surface area contributed by atoms with Gasteiger partial charge >= 0.3 is 0 Å². The van der Waals surface area contributed by atoms with Crippen LogP contribution in [0.5, 0.6) is 11.5 Å². The first kappa shape index (κ1) is 20.0. The van der Waals surface area contributed by atoms with E-state index in [1.54, 1.807) is 13.2 Å². The number of methoxy groups -OCH3 is 1. The Bertz CT molecular complexity index is 1380. The minimum Gasteiger partial charge on any atom is -0.497 e. The normalized spacial score (nSPS) is 18.5. The summed E-state index contributed by atoms with van der Waals surface area (Å²) in [5, 5.41) is 7.89. The highest BCUT2D eigenvalue weighted by Gasteiger charge is 2.41. The molecular weight excluding hydrogens is 487 g/mol. The van der Waals surface area contributed by atoms with Gasteiger partial charge in [0.05, 0.1) is 12.8 Å². The summed E-state index contributed by atoms with van der Waals surface area (Å²) < 4.78 is 29.0. The van der Waals surface area contributed by atoms with Crippen molar-refractivity contribution in [3.05, 3.63) is 106 Å². The minimum absolute atomic E-state index is 0.296. The molecule has 2 aliphatic heterocycles. The number of nitrogens with one attached hydrogen (secondary N) is 1. The van der Waals surface area contributed by atoms with Crippen molar-refractivity contribution in [2.24, 2.45) is 0 Å². The Balaban J connectivity index is 1.61. The van der Waals surface area contributed by atoms with Crippen molar-refractivity contribution in [3.8, 4) is 11.5 Å². The maximum absolute atomic E-state index is 14.3. The second-order valence-corrected chi connectivity index (χ2v) is 8.76. The highest BCUT2D eigenvalue weighted by atomic mass is 79.9. The zero-order valence-corrected chi connectivity index (χ0v) is 19.1. The SMILES string of the molecule is COc1ccc([C@H]2Oc3ccc(F)cc3C3=C2[C@H](c2ccc(Br)cc2)n2ncnc2N3)cc1. The molecule has 1 N–H and O–H groups in total. The van der Waals surface area contributed by atoms with Gasteiger partial charge in [0.1, 0.15) is 35.8 Å². The number of benzene rings is 3. The molecule has 0 unspecified atom stereocenters. The van der Waals surface area contributed by atoms with Crippen LogP contribution in [0.15, 0.2) is 83.1 Å². The van der Waals surface area contributed by atoms with E-state index < -0.39 is 6.10 Å². The topological polar surface area (TPSA) is 61.2 Å². The minimum atomic E-state index is -0.428. The van der Waals surface area contributed by atoms with Crippen LogP contribution in [0, 0.1) is 5.82 Å². The van der Waals surface area contributed by atoms with Gasteiger partial charge in [0.25, 0.3) is 0 Å². The molecule has 0 aliphatic carbocycles. The van der Waals surface area contributed by atoms with Crippen LogP contribution in [0.2, 0.25) is 0 Å². The van der Waals surface area contributed by atoms with Crippen LogP contribution >= 0.6 is 15.9 Å². The molecule has 0 fully saturated rings. The van der Waals surface area contributed by atoms with E-state index in [1.165, 1.54) is 18.5 Å². The lowest BCUT2D eigenvalue weighted by Gasteiger charge is -2.39. The van der Waals surface area contributed by atoms with E-state index in [9.17, 15) is 4.39 Å². The molecule has 6 rings (SSSR count). The van der Waals surface area contributed by atoms with Gasteiger partial charge in [0.2, 0.25) is 5.95 Å². The molecule has 2 atom stereocenters. The fraction of sp³-hybridized carbons (Fsp3) is 0.120. The van der Waals surface area contributed by atoms with Crippen molar-refractivity contribution in [1.82, 2.24) is 14.8 Å². The van der Waals surface area contributed by atoms with Crippen molar-refractivity contribution < 1.29 is 13.9 Å². The Morgan fingerprint density at radius 1 is 1.03 bits per heavy atom. The maximum Gasteiger partial charge on any atom is 0.226 e. The summed E-state index contributed by atoms with van der Waals surface area (Å²) in [5.74, 6) is 1.62. The van der Waals surface area contributed by atoms with Crippen molar-refractivity contribution in [3.63, 3.8) is 0 Å². The van der Waals surface area contributed by atoms with Crippen LogP contribution in [0.25, 0.3) is 5.70 Å². The summed E-state index contributed by atoms with van der Waals surface area (Å²) in [6.07, 6.45) is 1.09. The average Bonchev–Trinajstić information content (AvgIpc) is 3.31. The molecular formula is C25H18BrFN4O2. The summed E-state index contributed by atoms with van der Waals surface area (Å²) in [7, 11) is 1.64. The number of fused-ring (bicyclic) bond motifs is 3. The smallest absolute Gasteiger partial charge is 0.226 e. The van der Waals surface area contributed by atoms with Crippen molar-refractivity contribution in [2.45, 2.75) is 12.1 Å². The number of hydrogen-bond donors (Lipinski definition) is 1. The summed E-state index contributed by atoms with van der Waals surface area (Å²) in [5.41, 5.74) is 4.33. The zero-order chi connectivity index (χ0) is 22.5. The second-order valence-electron chi connectivity index (χ2n) is 7.85. The predicted octanol–water partition coefficient (Wildman–Crippen LogP) is 5.75. The van der Waals surface area contributed by atoms with Crippen LogP contribution in [-0.2, 0) is 0 Å². The van der Waals surface area contributed by atoms with Gasteiger partial charge in [-0.05, 0) is 53.6 Å². The van der Waals surface area contributed by atoms with E-state index in [-0.39, 0.29) is 11.9 Å². The highest BCUT2D eigenvalue weighted by molar-refractivity contribution is 9.10. The van der Waals surface area contributed by atoms with Crippen molar-refractivity contribution in [1.29, 1.82) is 0 Å². The van der Waals surface area contributed by atoms with E-state index in [2.05, 4.69) is 31.3 Å². The summed E-state index contributed by atoms with van der Waals surface area (Å²) in [6.45, 7) is 0. The van der Waals surface area contributed by atoms with E-state index in [0.29, 0.717) is 17.3 Å². The van der Waals surface area contributed by atoms with Gasteiger partial charge < -0.3 is 14.8 Å². The quantitative estimate of drug-likeness (QED) is 0.385. The molecule has 1 aromatic heterocycles. The number of hydrogen-bond acceptors (Lipinski definition) is 5. The maximum atomic E-state index is 14.3.